The van der Waals surface area contributed by atoms with E-state index in [2.05, 4.69) is 10.3 Å². The first-order chi connectivity index (χ1) is 14.5. The third kappa shape index (κ3) is 3.80. The van der Waals surface area contributed by atoms with Crippen LogP contribution in [-0.4, -0.2) is 56.0 Å². The van der Waals surface area contributed by atoms with Crippen molar-refractivity contribution < 1.29 is 33.3 Å². The number of fused-ring (bicyclic) bond motifs is 1. The van der Waals surface area contributed by atoms with E-state index in [0.29, 0.717) is 22.3 Å². The van der Waals surface area contributed by atoms with Crippen LogP contribution in [0.1, 0.15) is 36.0 Å². The standard InChI is InChI=1S/C20H21F2N3O6/c1-19(2)8-11-7-10(3-4-12(11)31-19)16(28)23-14-5-6-25(18(29)24-14)17-20(21,22)15(27)13(9-26)30-17/h3-7,13,15,17,26-27H,8-9H2,1-2H3,(H,23,24,28,29)/t13-,15-,17?/m1/s1. The molecule has 4 rings (SSSR count). The normalized spacial score (nSPS) is 25.7. The number of aromatic nitrogens is 2. The number of hydrogen-bond donors (Lipinski definition) is 3. The summed E-state index contributed by atoms with van der Waals surface area (Å²) >= 11 is 0. The first kappa shape index (κ1) is 21.3. The highest BCUT2D eigenvalue weighted by Gasteiger charge is 2.59. The lowest BCUT2D eigenvalue weighted by molar-refractivity contribution is -0.140. The number of aliphatic hydroxyl groups excluding tert-OH is 2. The van der Waals surface area contributed by atoms with Crippen molar-refractivity contribution in [3.8, 4) is 5.75 Å². The third-order valence-electron chi connectivity index (χ3n) is 5.21. The Balaban J connectivity index is 1.52. The second kappa shape index (κ2) is 7.36. The van der Waals surface area contributed by atoms with E-state index in [0.717, 1.165) is 17.8 Å². The molecule has 1 saturated heterocycles. The summed E-state index contributed by atoms with van der Waals surface area (Å²) in [5.74, 6) is -3.79. The van der Waals surface area contributed by atoms with Crippen molar-refractivity contribution in [2.45, 2.75) is 50.2 Å². The zero-order chi connectivity index (χ0) is 22.6. The summed E-state index contributed by atoms with van der Waals surface area (Å²) in [6.45, 7) is 3.03. The molecule has 1 fully saturated rings. The Labute approximate surface area is 175 Å². The summed E-state index contributed by atoms with van der Waals surface area (Å²) in [6, 6.07) is 6.11. The molecule has 2 aliphatic rings. The highest BCUT2D eigenvalue weighted by molar-refractivity contribution is 6.04. The van der Waals surface area contributed by atoms with Crippen molar-refractivity contribution in [3.05, 3.63) is 52.1 Å². The molecule has 166 valence electrons. The number of hydrogen-bond acceptors (Lipinski definition) is 7. The van der Waals surface area contributed by atoms with Crippen molar-refractivity contribution in [1.82, 2.24) is 9.55 Å². The lowest BCUT2D eigenvalue weighted by Crippen LogP contribution is -2.41. The van der Waals surface area contributed by atoms with Gasteiger partial charge in [-0.25, -0.2) is 4.79 Å². The average Bonchev–Trinajstić information content (AvgIpc) is 3.13. The fraction of sp³-hybridized carbons (Fsp3) is 0.450. The molecule has 3 atom stereocenters. The fourth-order valence-electron chi connectivity index (χ4n) is 3.72. The van der Waals surface area contributed by atoms with E-state index in [1.807, 2.05) is 13.8 Å². The summed E-state index contributed by atoms with van der Waals surface area (Å²) in [4.78, 5) is 28.4. The minimum Gasteiger partial charge on any atom is -0.487 e. The van der Waals surface area contributed by atoms with Crippen molar-refractivity contribution in [2.24, 2.45) is 0 Å². The van der Waals surface area contributed by atoms with E-state index in [-0.39, 0.29) is 11.4 Å². The molecule has 0 spiro atoms. The molecule has 2 aromatic rings. The third-order valence-corrected chi connectivity index (χ3v) is 5.21. The summed E-state index contributed by atoms with van der Waals surface area (Å²) in [5.41, 5.74) is -0.280. The van der Waals surface area contributed by atoms with Crippen LogP contribution in [0.15, 0.2) is 35.3 Å². The first-order valence-corrected chi connectivity index (χ1v) is 9.56. The van der Waals surface area contributed by atoms with Gasteiger partial charge in [-0.2, -0.15) is 13.8 Å². The SMILES string of the molecule is CC1(C)Cc2cc(C(=O)Nc3ccn(C4O[C@H](CO)[C@@H](O)C4(F)F)c(=O)n3)ccc2O1. The smallest absolute Gasteiger partial charge is 0.351 e. The highest BCUT2D eigenvalue weighted by atomic mass is 19.3. The molecule has 1 amide bonds. The van der Waals surface area contributed by atoms with Crippen LogP contribution >= 0.6 is 0 Å². The fourth-order valence-corrected chi connectivity index (χ4v) is 3.72. The Hall–Kier alpha value is -2.89. The molecular formula is C20H21F2N3O6. The van der Waals surface area contributed by atoms with Crippen LogP contribution in [-0.2, 0) is 11.2 Å². The number of ether oxygens (including phenoxy) is 2. The van der Waals surface area contributed by atoms with Gasteiger partial charge < -0.3 is 25.0 Å². The Morgan fingerprint density at radius 1 is 1.35 bits per heavy atom. The highest BCUT2D eigenvalue weighted by Crippen LogP contribution is 2.42. The van der Waals surface area contributed by atoms with Gasteiger partial charge in [0.25, 0.3) is 5.91 Å². The molecule has 0 aliphatic carbocycles. The Morgan fingerprint density at radius 2 is 2.10 bits per heavy atom. The van der Waals surface area contributed by atoms with Crippen molar-refractivity contribution >= 4 is 11.7 Å². The summed E-state index contributed by atoms with van der Waals surface area (Å²) < 4.78 is 39.7. The molecular weight excluding hydrogens is 416 g/mol. The van der Waals surface area contributed by atoms with Crippen LogP contribution in [0.5, 0.6) is 5.75 Å². The number of benzene rings is 1. The summed E-state index contributed by atoms with van der Waals surface area (Å²) in [7, 11) is 0. The van der Waals surface area contributed by atoms with Gasteiger partial charge in [0.1, 0.15) is 23.3 Å². The zero-order valence-electron chi connectivity index (χ0n) is 16.7. The molecule has 1 unspecified atom stereocenters. The number of carbonyl (C=O) groups excluding carboxylic acids is 1. The number of rotatable bonds is 4. The number of anilines is 1. The predicted molar refractivity (Wildman–Crippen MR) is 103 cm³/mol. The molecule has 3 heterocycles. The van der Waals surface area contributed by atoms with E-state index < -0.39 is 42.6 Å². The Bertz CT molecular complexity index is 1090. The molecule has 31 heavy (non-hydrogen) atoms. The van der Waals surface area contributed by atoms with Gasteiger partial charge in [0, 0.05) is 18.2 Å². The van der Waals surface area contributed by atoms with Gasteiger partial charge in [0.15, 0.2) is 6.10 Å². The van der Waals surface area contributed by atoms with E-state index in [9.17, 15) is 23.5 Å². The number of alkyl halides is 2. The van der Waals surface area contributed by atoms with Gasteiger partial charge in [0.05, 0.1) is 6.61 Å². The molecule has 11 heteroatoms. The molecule has 1 aromatic carbocycles. The quantitative estimate of drug-likeness (QED) is 0.655. The zero-order valence-corrected chi connectivity index (χ0v) is 16.7. The Kier molecular flexibility index (Phi) is 5.07. The van der Waals surface area contributed by atoms with E-state index in [1.54, 1.807) is 18.2 Å². The van der Waals surface area contributed by atoms with Crippen LogP contribution < -0.4 is 15.7 Å². The van der Waals surface area contributed by atoms with Crippen molar-refractivity contribution in [1.29, 1.82) is 0 Å². The van der Waals surface area contributed by atoms with Crippen LogP contribution in [0.3, 0.4) is 0 Å². The average molecular weight is 437 g/mol. The minimum atomic E-state index is -3.82. The van der Waals surface area contributed by atoms with Crippen LogP contribution in [0, 0.1) is 0 Å². The number of amides is 1. The maximum atomic E-state index is 14.2. The number of halogens is 2. The number of aliphatic hydroxyl groups is 2. The summed E-state index contributed by atoms with van der Waals surface area (Å²) in [5, 5.41) is 21.1. The molecule has 3 N–H and O–H groups in total. The van der Waals surface area contributed by atoms with Gasteiger partial charge in [-0.15, -0.1) is 0 Å². The Morgan fingerprint density at radius 3 is 2.74 bits per heavy atom. The van der Waals surface area contributed by atoms with E-state index in [1.165, 1.54) is 0 Å². The molecule has 0 saturated carbocycles. The molecule has 2 aliphatic heterocycles. The van der Waals surface area contributed by atoms with Crippen LogP contribution in [0.2, 0.25) is 0 Å². The molecule has 1 aromatic heterocycles. The van der Waals surface area contributed by atoms with Gasteiger partial charge in [-0.05, 0) is 43.7 Å². The lowest BCUT2D eigenvalue weighted by atomic mass is 10.00. The van der Waals surface area contributed by atoms with Crippen LogP contribution in [0.4, 0.5) is 14.6 Å². The van der Waals surface area contributed by atoms with Crippen molar-refractivity contribution in [2.75, 3.05) is 11.9 Å². The molecule has 9 nitrogen and oxygen atoms in total. The monoisotopic (exact) mass is 437 g/mol. The van der Waals surface area contributed by atoms with E-state index in [4.69, 9.17) is 14.6 Å². The largest absolute Gasteiger partial charge is 0.487 e. The lowest BCUT2D eigenvalue weighted by Gasteiger charge is -2.21. The topological polar surface area (TPSA) is 123 Å². The van der Waals surface area contributed by atoms with Gasteiger partial charge in [0.2, 0.25) is 6.23 Å². The summed E-state index contributed by atoms with van der Waals surface area (Å²) in [6.07, 6.45) is -4.34. The number of nitrogens with zero attached hydrogens (tertiary/aromatic N) is 2. The first-order valence-electron chi connectivity index (χ1n) is 9.56. The molecule has 0 bridgehead atoms. The van der Waals surface area contributed by atoms with E-state index >= 15 is 0 Å². The molecule has 0 radical (unpaired) electrons. The maximum absolute atomic E-state index is 14.2. The second-order valence-corrected chi connectivity index (χ2v) is 8.15. The van der Waals surface area contributed by atoms with Gasteiger partial charge >= 0.3 is 11.6 Å². The minimum absolute atomic E-state index is 0.135. The second-order valence-electron chi connectivity index (χ2n) is 8.15. The number of carbonyl (C=O) groups is 1. The van der Waals surface area contributed by atoms with Gasteiger partial charge in [-0.3, -0.25) is 9.36 Å². The maximum Gasteiger partial charge on any atom is 0.351 e. The van der Waals surface area contributed by atoms with Gasteiger partial charge in [-0.1, -0.05) is 0 Å². The van der Waals surface area contributed by atoms with Crippen LogP contribution in [0.25, 0.3) is 0 Å². The predicted octanol–water partition coefficient (Wildman–Crippen LogP) is 1.09. The number of nitrogens with one attached hydrogen (secondary N) is 1. The van der Waals surface area contributed by atoms with Crippen molar-refractivity contribution in [3.63, 3.8) is 0 Å².